The lowest BCUT2D eigenvalue weighted by Gasteiger charge is -2.32. The molecule has 100 valence electrons. The standard InChI is InChI=1S/C13H21N3O2/c1-18-10-13(17)16-6-3-12(4-7-16)15-9-11-2-5-14-8-11/h2,5,8,12,14-15H,3-4,6-7,9-10H2,1H3. The van der Waals surface area contributed by atoms with Crippen molar-refractivity contribution in [2.24, 2.45) is 0 Å². The number of nitrogens with one attached hydrogen (secondary N) is 2. The van der Waals surface area contributed by atoms with Gasteiger partial charge in [0.2, 0.25) is 5.91 Å². The molecule has 2 N–H and O–H groups in total. The van der Waals surface area contributed by atoms with Crippen molar-refractivity contribution in [1.29, 1.82) is 0 Å². The van der Waals surface area contributed by atoms with Crippen LogP contribution < -0.4 is 5.32 Å². The molecule has 0 aromatic carbocycles. The number of piperidine rings is 1. The van der Waals surface area contributed by atoms with Crippen molar-refractivity contribution in [3.8, 4) is 0 Å². The largest absolute Gasteiger partial charge is 0.375 e. The van der Waals surface area contributed by atoms with Crippen molar-refractivity contribution in [2.75, 3.05) is 26.8 Å². The number of carbonyl (C=O) groups excluding carboxylic acids is 1. The van der Waals surface area contributed by atoms with Crippen LogP contribution in [-0.2, 0) is 16.1 Å². The molecule has 0 aliphatic carbocycles. The van der Waals surface area contributed by atoms with Crippen LogP contribution in [0.25, 0.3) is 0 Å². The van der Waals surface area contributed by atoms with E-state index >= 15 is 0 Å². The number of ether oxygens (including phenoxy) is 1. The van der Waals surface area contributed by atoms with Gasteiger partial charge in [0.05, 0.1) is 0 Å². The number of nitrogens with zero attached hydrogens (tertiary/aromatic N) is 1. The Morgan fingerprint density at radius 3 is 2.94 bits per heavy atom. The Morgan fingerprint density at radius 1 is 1.56 bits per heavy atom. The highest BCUT2D eigenvalue weighted by atomic mass is 16.5. The second-order valence-corrected chi connectivity index (χ2v) is 4.69. The average molecular weight is 251 g/mol. The highest BCUT2D eigenvalue weighted by Crippen LogP contribution is 2.11. The molecule has 2 rings (SSSR count). The van der Waals surface area contributed by atoms with Crippen molar-refractivity contribution in [3.05, 3.63) is 24.0 Å². The highest BCUT2D eigenvalue weighted by molar-refractivity contribution is 5.77. The Labute approximate surface area is 108 Å². The van der Waals surface area contributed by atoms with Crippen molar-refractivity contribution < 1.29 is 9.53 Å². The molecule has 1 amide bonds. The van der Waals surface area contributed by atoms with Crippen LogP contribution in [-0.4, -0.2) is 48.6 Å². The van der Waals surface area contributed by atoms with Crippen LogP contribution in [0.15, 0.2) is 18.5 Å². The summed E-state index contributed by atoms with van der Waals surface area (Å²) >= 11 is 0. The third kappa shape index (κ3) is 3.58. The molecule has 0 unspecified atom stereocenters. The summed E-state index contributed by atoms with van der Waals surface area (Å²) in [7, 11) is 1.56. The van der Waals surface area contributed by atoms with E-state index < -0.39 is 0 Å². The molecule has 2 heterocycles. The topological polar surface area (TPSA) is 57.4 Å². The van der Waals surface area contributed by atoms with Gasteiger partial charge in [-0.05, 0) is 24.5 Å². The average Bonchev–Trinajstić information content (AvgIpc) is 2.90. The van der Waals surface area contributed by atoms with Crippen LogP contribution in [0.2, 0.25) is 0 Å². The zero-order chi connectivity index (χ0) is 12.8. The predicted octanol–water partition coefficient (Wildman–Crippen LogP) is 0.742. The lowest BCUT2D eigenvalue weighted by molar-refractivity contribution is -0.136. The van der Waals surface area contributed by atoms with E-state index in [0.29, 0.717) is 6.04 Å². The number of carbonyl (C=O) groups is 1. The van der Waals surface area contributed by atoms with Gasteiger partial charge in [-0.1, -0.05) is 0 Å². The Hall–Kier alpha value is -1.33. The van der Waals surface area contributed by atoms with E-state index in [1.807, 2.05) is 17.3 Å². The first-order valence-corrected chi connectivity index (χ1v) is 6.41. The molecule has 1 aromatic rings. The summed E-state index contributed by atoms with van der Waals surface area (Å²) in [5.74, 6) is 0.0987. The minimum absolute atomic E-state index is 0.0987. The lowest BCUT2D eigenvalue weighted by Crippen LogP contribution is -2.45. The summed E-state index contributed by atoms with van der Waals surface area (Å²) in [5, 5.41) is 3.53. The van der Waals surface area contributed by atoms with E-state index in [4.69, 9.17) is 4.74 Å². The van der Waals surface area contributed by atoms with Gasteiger partial charge in [0.25, 0.3) is 0 Å². The molecule has 18 heavy (non-hydrogen) atoms. The molecule has 0 saturated carbocycles. The van der Waals surface area contributed by atoms with Gasteiger partial charge in [-0.3, -0.25) is 4.79 Å². The predicted molar refractivity (Wildman–Crippen MR) is 69.1 cm³/mol. The molecule has 5 nitrogen and oxygen atoms in total. The summed E-state index contributed by atoms with van der Waals surface area (Å²) in [6, 6.07) is 2.58. The third-order valence-electron chi connectivity index (χ3n) is 3.37. The fourth-order valence-corrected chi connectivity index (χ4v) is 2.28. The van der Waals surface area contributed by atoms with Gasteiger partial charge in [-0.2, -0.15) is 0 Å². The molecule has 0 spiro atoms. The quantitative estimate of drug-likeness (QED) is 0.811. The Kier molecular flexibility index (Phi) is 4.78. The van der Waals surface area contributed by atoms with Crippen molar-refractivity contribution in [3.63, 3.8) is 0 Å². The van der Waals surface area contributed by atoms with Gasteiger partial charge in [0, 0.05) is 45.2 Å². The number of hydrogen-bond donors (Lipinski definition) is 2. The number of hydrogen-bond acceptors (Lipinski definition) is 3. The zero-order valence-corrected chi connectivity index (χ0v) is 10.8. The van der Waals surface area contributed by atoms with E-state index in [9.17, 15) is 4.79 Å². The van der Waals surface area contributed by atoms with Crippen molar-refractivity contribution in [1.82, 2.24) is 15.2 Å². The fraction of sp³-hybridized carbons (Fsp3) is 0.615. The molecule has 0 atom stereocenters. The Bertz CT molecular complexity index is 356. The summed E-state index contributed by atoms with van der Waals surface area (Å²) in [4.78, 5) is 16.6. The molecule has 5 heteroatoms. The normalized spacial score (nSPS) is 17.1. The van der Waals surface area contributed by atoms with Crippen LogP contribution >= 0.6 is 0 Å². The van der Waals surface area contributed by atoms with Gasteiger partial charge >= 0.3 is 0 Å². The van der Waals surface area contributed by atoms with Crippen LogP contribution in [0, 0.1) is 0 Å². The van der Waals surface area contributed by atoms with Gasteiger partial charge in [-0.25, -0.2) is 0 Å². The maximum Gasteiger partial charge on any atom is 0.248 e. The molecule has 1 fully saturated rings. The molecule has 0 bridgehead atoms. The second-order valence-electron chi connectivity index (χ2n) is 4.69. The van der Waals surface area contributed by atoms with Crippen LogP contribution in [0.3, 0.4) is 0 Å². The van der Waals surface area contributed by atoms with Crippen LogP contribution in [0.5, 0.6) is 0 Å². The second kappa shape index (κ2) is 6.56. The van der Waals surface area contributed by atoms with E-state index in [1.165, 1.54) is 5.56 Å². The van der Waals surface area contributed by atoms with Gasteiger partial charge in [0.15, 0.2) is 0 Å². The van der Waals surface area contributed by atoms with Gasteiger partial charge in [0.1, 0.15) is 6.61 Å². The number of aromatic amines is 1. The molecule has 0 radical (unpaired) electrons. The third-order valence-corrected chi connectivity index (χ3v) is 3.37. The lowest BCUT2D eigenvalue weighted by atomic mass is 10.0. The summed E-state index contributed by atoms with van der Waals surface area (Å²) in [6.07, 6.45) is 5.97. The summed E-state index contributed by atoms with van der Waals surface area (Å²) in [5.41, 5.74) is 1.27. The number of amides is 1. The molecule has 1 aliphatic rings. The number of rotatable bonds is 5. The van der Waals surface area contributed by atoms with E-state index in [-0.39, 0.29) is 12.5 Å². The first kappa shape index (κ1) is 13.1. The highest BCUT2D eigenvalue weighted by Gasteiger charge is 2.21. The van der Waals surface area contributed by atoms with Crippen molar-refractivity contribution >= 4 is 5.91 Å². The molecule has 1 aliphatic heterocycles. The van der Waals surface area contributed by atoms with E-state index in [2.05, 4.69) is 16.4 Å². The molecular formula is C13H21N3O2. The monoisotopic (exact) mass is 251 g/mol. The summed E-state index contributed by atoms with van der Waals surface area (Å²) in [6.45, 7) is 2.74. The SMILES string of the molecule is COCC(=O)N1CCC(NCc2cc[nH]c2)CC1. The Morgan fingerprint density at radius 2 is 2.33 bits per heavy atom. The van der Waals surface area contributed by atoms with E-state index in [1.54, 1.807) is 7.11 Å². The van der Waals surface area contributed by atoms with Crippen molar-refractivity contribution in [2.45, 2.75) is 25.4 Å². The first-order valence-electron chi connectivity index (χ1n) is 6.41. The van der Waals surface area contributed by atoms with Gasteiger partial charge < -0.3 is 19.9 Å². The molecule has 1 aromatic heterocycles. The smallest absolute Gasteiger partial charge is 0.248 e. The molecule has 1 saturated heterocycles. The van der Waals surface area contributed by atoms with Crippen LogP contribution in [0.4, 0.5) is 0 Å². The minimum Gasteiger partial charge on any atom is -0.375 e. The number of likely N-dealkylation sites (tertiary alicyclic amines) is 1. The number of methoxy groups -OCH3 is 1. The zero-order valence-electron chi connectivity index (χ0n) is 10.8. The van der Waals surface area contributed by atoms with Crippen LogP contribution in [0.1, 0.15) is 18.4 Å². The molecular weight excluding hydrogens is 230 g/mol. The maximum absolute atomic E-state index is 11.6. The minimum atomic E-state index is 0.0987. The number of H-pyrrole nitrogens is 1. The van der Waals surface area contributed by atoms with Gasteiger partial charge in [-0.15, -0.1) is 0 Å². The van der Waals surface area contributed by atoms with E-state index in [0.717, 1.165) is 32.5 Å². The Balaban J connectivity index is 1.68. The summed E-state index contributed by atoms with van der Waals surface area (Å²) < 4.78 is 4.87. The fourth-order valence-electron chi connectivity index (χ4n) is 2.28. The first-order chi connectivity index (χ1) is 8.79. The number of aromatic nitrogens is 1. The maximum atomic E-state index is 11.6.